The minimum atomic E-state index is -0.515. The second-order valence-electron chi connectivity index (χ2n) is 4.16. The van der Waals surface area contributed by atoms with Gasteiger partial charge >= 0.3 is 0 Å². The molecule has 0 unspecified atom stereocenters. The van der Waals surface area contributed by atoms with Crippen molar-refractivity contribution in [2.24, 2.45) is 0 Å². The van der Waals surface area contributed by atoms with Gasteiger partial charge in [0.05, 0.1) is 5.52 Å². The second-order valence-corrected chi connectivity index (χ2v) is 4.16. The fourth-order valence-corrected chi connectivity index (χ4v) is 2.09. The van der Waals surface area contributed by atoms with Crippen LogP contribution in [0.1, 0.15) is 10.4 Å². The minimum Gasteiger partial charge on any atom is -0.317 e. The molecule has 0 saturated carbocycles. The highest BCUT2D eigenvalue weighted by Gasteiger charge is 2.05. The number of carbonyl (C=O) groups is 1. The molecule has 0 aliphatic heterocycles. The molecule has 0 aliphatic rings. The van der Waals surface area contributed by atoms with Gasteiger partial charge in [0.25, 0.3) is 5.91 Å². The number of nitrogens with one attached hydrogen (secondary N) is 1. The predicted octanol–water partition coefficient (Wildman–Crippen LogP) is 2.55. The lowest BCUT2D eigenvalue weighted by Crippen LogP contribution is -2.18. The number of benzene rings is 2. The predicted molar refractivity (Wildman–Crippen MR) is 71.4 cm³/mol. The molecule has 0 atom stereocenters. The molecule has 19 heavy (non-hydrogen) atoms. The third-order valence-electron chi connectivity index (χ3n) is 3.04. The molecule has 0 spiro atoms. The van der Waals surface area contributed by atoms with Crippen LogP contribution in [0, 0.1) is 6.07 Å². The van der Waals surface area contributed by atoms with Crippen LogP contribution >= 0.6 is 0 Å². The molecule has 0 fully saturated rings. The SMILES string of the molecule is O=C(NO)c1ccc(-n2ccc3c[c]ccc32)cc1. The van der Waals surface area contributed by atoms with E-state index in [1.54, 1.807) is 17.6 Å². The average molecular weight is 251 g/mol. The Morgan fingerprint density at radius 1 is 1.16 bits per heavy atom. The van der Waals surface area contributed by atoms with Gasteiger partial charge in [-0.25, -0.2) is 5.48 Å². The van der Waals surface area contributed by atoms with E-state index in [1.807, 2.05) is 47.2 Å². The lowest BCUT2D eigenvalue weighted by atomic mass is 10.2. The quantitative estimate of drug-likeness (QED) is 0.543. The van der Waals surface area contributed by atoms with Crippen molar-refractivity contribution in [1.29, 1.82) is 0 Å². The summed E-state index contributed by atoms with van der Waals surface area (Å²) in [6, 6.07) is 17.8. The van der Waals surface area contributed by atoms with Gasteiger partial charge in [0.2, 0.25) is 0 Å². The van der Waals surface area contributed by atoms with Gasteiger partial charge in [-0.2, -0.15) is 0 Å². The van der Waals surface area contributed by atoms with Crippen LogP contribution in [0.4, 0.5) is 0 Å². The summed E-state index contributed by atoms with van der Waals surface area (Å²) in [4.78, 5) is 11.3. The number of nitrogens with zero attached hydrogens (tertiary/aromatic N) is 1. The Balaban J connectivity index is 2.05. The summed E-state index contributed by atoms with van der Waals surface area (Å²) in [6.07, 6.45) is 1.97. The largest absolute Gasteiger partial charge is 0.317 e. The molecule has 0 aliphatic carbocycles. The number of fused-ring (bicyclic) bond motifs is 1. The number of carbonyl (C=O) groups excluding carboxylic acids is 1. The highest BCUT2D eigenvalue weighted by atomic mass is 16.5. The molecule has 2 aromatic carbocycles. The third kappa shape index (κ3) is 1.98. The van der Waals surface area contributed by atoms with E-state index in [9.17, 15) is 4.79 Å². The normalized spacial score (nSPS) is 10.6. The zero-order chi connectivity index (χ0) is 13.2. The van der Waals surface area contributed by atoms with Crippen molar-refractivity contribution in [3.05, 3.63) is 66.4 Å². The Hall–Kier alpha value is -2.59. The molecule has 93 valence electrons. The first-order chi connectivity index (χ1) is 9.29. The maximum atomic E-state index is 11.3. The van der Waals surface area contributed by atoms with Crippen LogP contribution in [-0.2, 0) is 0 Å². The molecule has 4 heteroatoms. The van der Waals surface area contributed by atoms with E-state index in [-0.39, 0.29) is 0 Å². The van der Waals surface area contributed by atoms with Gasteiger partial charge in [-0.3, -0.25) is 10.0 Å². The van der Waals surface area contributed by atoms with E-state index in [0.29, 0.717) is 5.56 Å². The summed E-state index contributed by atoms with van der Waals surface area (Å²) in [5.74, 6) is -0.515. The van der Waals surface area contributed by atoms with Gasteiger partial charge in [-0.1, -0.05) is 6.07 Å². The summed E-state index contributed by atoms with van der Waals surface area (Å²) in [6.45, 7) is 0. The second kappa shape index (κ2) is 4.59. The standard InChI is InChI=1S/C15H11N2O2/c18-15(16-19)12-5-7-13(8-6-12)17-10-9-11-3-1-2-4-14(11)17/h2-10,19H,(H,16,18). The Morgan fingerprint density at radius 2 is 1.95 bits per heavy atom. The molecule has 1 aromatic heterocycles. The molecule has 1 amide bonds. The van der Waals surface area contributed by atoms with Crippen molar-refractivity contribution >= 4 is 16.8 Å². The van der Waals surface area contributed by atoms with Crippen LogP contribution in [0.15, 0.2) is 54.7 Å². The summed E-state index contributed by atoms with van der Waals surface area (Å²) in [5, 5.41) is 9.69. The zero-order valence-corrected chi connectivity index (χ0v) is 10.00. The van der Waals surface area contributed by atoms with E-state index in [1.165, 1.54) is 0 Å². The topological polar surface area (TPSA) is 54.3 Å². The summed E-state index contributed by atoms with van der Waals surface area (Å²) >= 11 is 0. The van der Waals surface area contributed by atoms with Gasteiger partial charge in [0.1, 0.15) is 0 Å². The van der Waals surface area contributed by atoms with Gasteiger partial charge in [0, 0.05) is 22.8 Å². The molecule has 4 nitrogen and oxygen atoms in total. The van der Waals surface area contributed by atoms with Crippen molar-refractivity contribution < 1.29 is 10.0 Å². The van der Waals surface area contributed by atoms with Crippen molar-refractivity contribution in [1.82, 2.24) is 10.0 Å². The molecular weight excluding hydrogens is 240 g/mol. The molecular formula is C15H11N2O2. The first-order valence-electron chi connectivity index (χ1n) is 5.81. The highest BCUT2D eigenvalue weighted by molar-refractivity contribution is 5.93. The fraction of sp³-hybridized carbons (Fsp3) is 0. The van der Waals surface area contributed by atoms with Crippen molar-refractivity contribution in [2.45, 2.75) is 0 Å². The van der Waals surface area contributed by atoms with Crippen LogP contribution < -0.4 is 5.48 Å². The monoisotopic (exact) mass is 251 g/mol. The first-order valence-corrected chi connectivity index (χ1v) is 5.81. The zero-order valence-electron chi connectivity index (χ0n) is 10.00. The first kappa shape index (κ1) is 11.5. The van der Waals surface area contributed by atoms with Crippen molar-refractivity contribution in [3.63, 3.8) is 0 Å². The number of hydrogen-bond acceptors (Lipinski definition) is 2. The van der Waals surface area contributed by atoms with Crippen molar-refractivity contribution in [3.8, 4) is 5.69 Å². The number of aromatic nitrogens is 1. The van der Waals surface area contributed by atoms with E-state index < -0.39 is 5.91 Å². The Labute approximate surface area is 109 Å². The van der Waals surface area contributed by atoms with E-state index in [0.717, 1.165) is 16.6 Å². The molecule has 3 aromatic rings. The molecule has 0 bridgehead atoms. The molecule has 0 saturated heterocycles. The van der Waals surface area contributed by atoms with E-state index >= 15 is 0 Å². The smallest absolute Gasteiger partial charge is 0.274 e. The lowest BCUT2D eigenvalue weighted by Gasteiger charge is -2.06. The van der Waals surface area contributed by atoms with E-state index in [4.69, 9.17) is 5.21 Å². The highest BCUT2D eigenvalue weighted by Crippen LogP contribution is 2.20. The third-order valence-corrected chi connectivity index (χ3v) is 3.04. The molecule has 2 N–H and O–H groups in total. The fourth-order valence-electron chi connectivity index (χ4n) is 2.09. The maximum absolute atomic E-state index is 11.3. The Bertz CT molecular complexity index is 729. The lowest BCUT2D eigenvalue weighted by molar-refractivity contribution is 0.0706. The number of rotatable bonds is 2. The van der Waals surface area contributed by atoms with Gasteiger partial charge in [0.15, 0.2) is 0 Å². The van der Waals surface area contributed by atoms with E-state index in [2.05, 4.69) is 6.07 Å². The van der Waals surface area contributed by atoms with Crippen LogP contribution in [0.25, 0.3) is 16.6 Å². The Kier molecular flexibility index (Phi) is 2.78. The molecule has 1 heterocycles. The number of hydrogen-bond donors (Lipinski definition) is 2. The average Bonchev–Trinajstić information content (AvgIpc) is 2.90. The van der Waals surface area contributed by atoms with Crippen molar-refractivity contribution in [2.75, 3.05) is 0 Å². The van der Waals surface area contributed by atoms with Crippen LogP contribution in [0.5, 0.6) is 0 Å². The van der Waals surface area contributed by atoms with Gasteiger partial charge in [-0.05, 0) is 48.5 Å². The maximum Gasteiger partial charge on any atom is 0.274 e. The van der Waals surface area contributed by atoms with Crippen LogP contribution in [0.2, 0.25) is 0 Å². The molecule has 1 radical (unpaired) electrons. The van der Waals surface area contributed by atoms with Crippen LogP contribution in [-0.4, -0.2) is 15.7 Å². The Morgan fingerprint density at radius 3 is 2.68 bits per heavy atom. The molecule has 3 rings (SSSR count). The van der Waals surface area contributed by atoms with Gasteiger partial charge in [-0.15, -0.1) is 0 Å². The summed E-state index contributed by atoms with van der Waals surface area (Å²) < 4.78 is 2.03. The minimum absolute atomic E-state index is 0.413. The number of hydroxylamine groups is 1. The summed E-state index contributed by atoms with van der Waals surface area (Å²) in [5.41, 5.74) is 4.06. The summed E-state index contributed by atoms with van der Waals surface area (Å²) in [7, 11) is 0. The van der Waals surface area contributed by atoms with Crippen LogP contribution in [0.3, 0.4) is 0 Å². The number of amides is 1. The van der Waals surface area contributed by atoms with Gasteiger partial charge < -0.3 is 4.57 Å².